The van der Waals surface area contributed by atoms with Crippen LogP contribution in [-0.2, 0) is 26.2 Å². The Kier molecular flexibility index (Phi) is 9.59. The Morgan fingerprint density at radius 1 is 0.973 bits per heavy atom. The van der Waals surface area contributed by atoms with Gasteiger partial charge in [0.1, 0.15) is 12.6 Å². The lowest BCUT2D eigenvalue weighted by atomic mass is 10.1. The zero-order valence-corrected chi connectivity index (χ0v) is 23.1. The number of sulfonamides is 1. The normalized spacial score (nSPS) is 12.0. The van der Waals surface area contributed by atoms with Crippen LogP contribution in [0.1, 0.15) is 24.5 Å². The van der Waals surface area contributed by atoms with E-state index < -0.39 is 28.5 Å². The van der Waals surface area contributed by atoms with Crippen LogP contribution in [0.25, 0.3) is 0 Å². The highest BCUT2D eigenvalue weighted by Crippen LogP contribution is 2.27. The molecule has 3 aromatic carbocycles. The molecule has 10 heteroatoms. The van der Waals surface area contributed by atoms with Crippen LogP contribution in [0, 0.1) is 6.92 Å². The second-order valence-electron chi connectivity index (χ2n) is 8.46. The molecule has 196 valence electrons. The molecule has 1 N–H and O–H groups in total. The molecule has 1 unspecified atom stereocenters. The summed E-state index contributed by atoms with van der Waals surface area (Å²) in [6, 6.07) is 18.8. The van der Waals surface area contributed by atoms with Crippen LogP contribution in [0.2, 0.25) is 10.0 Å². The van der Waals surface area contributed by atoms with E-state index >= 15 is 0 Å². The first kappa shape index (κ1) is 28.5. The number of hydrogen-bond donors (Lipinski definition) is 1. The topological polar surface area (TPSA) is 86.8 Å². The van der Waals surface area contributed by atoms with Gasteiger partial charge in [-0.2, -0.15) is 0 Å². The van der Waals surface area contributed by atoms with Crippen molar-refractivity contribution in [2.24, 2.45) is 0 Å². The van der Waals surface area contributed by atoms with Crippen molar-refractivity contribution < 1.29 is 18.0 Å². The molecule has 0 bridgehead atoms. The van der Waals surface area contributed by atoms with Crippen LogP contribution in [0.4, 0.5) is 5.69 Å². The minimum absolute atomic E-state index is 0.00607. The first-order chi connectivity index (χ1) is 17.6. The first-order valence-electron chi connectivity index (χ1n) is 11.7. The summed E-state index contributed by atoms with van der Waals surface area (Å²) < 4.78 is 28.5. The Bertz CT molecular complexity index is 1350. The van der Waals surface area contributed by atoms with Gasteiger partial charge in [-0.05, 0) is 55.3 Å². The summed E-state index contributed by atoms with van der Waals surface area (Å²) in [4.78, 5) is 28.0. The third-order valence-electron chi connectivity index (χ3n) is 5.92. The molecule has 2 amide bonds. The van der Waals surface area contributed by atoms with E-state index in [0.29, 0.717) is 27.7 Å². The Morgan fingerprint density at radius 3 is 2.19 bits per heavy atom. The standard InChI is InChI=1S/C27H29Cl2N3O4S/c1-4-25(27(34)30-3)31(17-20-12-13-21(28)16-24(20)29)26(33)18-32(22-14-10-19(2)11-15-22)37(35,36)23-8-6-5-7-9-23/h5-16,25H,4,17-18H2,1-3H3,(H,30,34). The zero-order chi connectivity index (χ0) is 27.2. The van der Waals surface area contributed by atoms with Gasteiger partial charge in [-0.15, -0.1) is 0 Å². The number of benzene rings is 3. The molecule has 0 radical (unpaired) electrons. The van der Waals surface area contributed by atoms with Crippen molar-refractivity contribution in [2.45, 2.75) is 37.8 Å². The zero-order valence-electron chi connectivity index (χ0n) is 20.8. The van der Waals surface area contributed by atoms with Gasteiger partial charge in [0.2, 0.25) is 11.8 Å². The van der Waals surface area contributed by atoms with E-state index in [1.54, 1.807) is 67.6 Å². The third kappa shape index (κ3) is 6.83. The molecule has 0 fully saturated rings. The van der Waals surface area contributed by atoms with Crippen molar-refractivity contribution in [3.8, 4) is 0 Å². The lowest BCUT2D eigenvalue weighted by Crippen LogP contribution is -2.51. The Hall–Kier alpha value is -3.07. The molecule has 3 aromatic rings. The lowest BCUT2D eigenvalue weighted by molar-refractivity contribution is -0.140. The molecule has 0 aromatic heterocycles. The fourth-order valence-corrected chi connectivity index (χ4v) is 5.78. The number of anilines is 1. The summed E-state index contributed by atoms with van der Waals surface area (Å²) >= 11 is 12.4. The third-order valence-corrected chi connectivity index (χ3v) is 8.30. The van der Waals surface area contributed by atoms with Crippen LogP contribution in [0.15, 0.2) is 77.7 Å². The smallest absolute Gasteiger partial charge is 0.264 e. The van der Waals surface area contributed by atoms with Gasteiger partial charge in [-0.25, -0.2) is 8.42 Å². The number of carbonyl (C=O) groups is 2. The Balaban J connectivity index is 2.06. The van der Waals surface area contributed by atoms with Crippen molar-refractivity contribution in [1.82, 2.24) is 10.2 Å². The fraction of sp³-hybridized carbons (Fsp3) is 0.259. The molecule has 37 heavy (non-hydrogen) atoms. The quantitative estimate of drug-likeness (QED) is 0.375. The summed E-state index contributed by atoms with van der Waals surface area (Å²) in [6.45, 7) is 3.15. The van der Waals surface area contributed by atoms with Crippen LogP contribution in [-0.4, -0.2) is 44.8 Å². The van der Waals surface area contributed by atoms with Gasteiger partial charge in [0, 0.05) is 23.6 Å². The van der Waals surface area contributed by atoms with E-state index in [9.17, 15) is 18.0 Å². The maximum atomic E-state index is 13.8. The van der Waals surface area contributed by atoms with Crippen molar-refractivity contribution >= 4 is 50.7 Å². The number of halogens is 2. The summed E-state index contributed by atoms with van der Waals surface area (Å²) in [6.07, 6.45) is 0.312. The van der Waals surface area contributed by atoms with Crippen molar-refractivity contribution in [3.05, 3.63) is 94.0 Å². The van der Waals surface area contributed by atoms with Crippen molar-refractivity contribution in [3.63, 3.8) is 0 Å². The number of likely N-dealkylation sites (N-methyl/N-ethyl adjacent to an activating group) is 1. The molecule has 0 aliphatic carbocycles. The number of amides is 2. The average molecular weight is 563 g/mol. The van der Waals surface area contributed by atoms with E-state index in [4.69, 9.17) is 23.2 Å². The molecule has 0 aliphatic heterocycles. The molecular formula is C27H29Cl2N3O4S. The van der Waals surface area contributed by atoms with E-state index in [0.717, 1.165) is 9.87 Å². The van der Waals surface area contributed by atoms with Gasteiger partial charge in [-0.3, -0.25) is 13.9 Å². The second kappa shape index (κ2) is 12.4. The minimum Gasteiger partial charge on any atom is -0.357 e. The van der Waals surface area contributed by atoms with Crippen LogP contribution in [0.3, 0.4) is 0 Å². The number of hydrogen-bond acceptors (Lipinski definition) is 4. The highest BCUT2D eigenvalue weighted by molar-refractivity contribution is 7.92. The number of nitrogens with zero attached hydrogens (tertiary/aromatic N) is 2. The molecule has 0 saturated heterocycles. The largest absolute Gasteiger partial charge is 0.357 e. The SMILES string of the molecule is CCC(C(=O)NC)N(Cc1ccc(Cl)cc1Cl)C(=O)CN(c1ccc(C)cc1)S(=O)(=O)c1ccccc1. The lowest BCUT2D eigenvalue weighted by Gasteiger charge is -2.33. The monoisotopic (exact) mass is 561 g/mol. The molecule has 3 rings (SSSR count). The van der Waals surface area contributed by atoms with Crippen LogP contribution in [0.5, 0.6) is 0 Å². The van der Waals surface area contributed by atoms with E-state index in [1.807, 2.05) is 6.92 Å². The van der Waals surface area contributed by atoms with Crippen molar-refractivity contribution in [1.29, 1.82) is 0 Å². The van der Waals surface area contributed by atoms with E-state index in [2.05, 4.69) is 5.32 Å². The van der Waals surface area contributed by atoms with Crippen LogP contribution < -0.4 is 9.62 Å². The van der Waals surface area contributed by atoms with Gasteiger partial charge in [0.25, 0.3) is 10.0 Å². The fourth-order valence-electron chi connectivity index (χ4n) is 3.88. The minimum atomic E-state index is -4.10. The van der Waals surface area contributed by atoms with E-state index in [1.165, 1.54) is 24.1 Å². The summed E-state index contributed by atoms with van der Waals surface area (Å²) in [7, 11) is -2.61. The van der Waals surface area contributed by atoms with Gasteiger partial charge < -0.3 is 10.2 Å². The molecule has 7 nitrogen and oxygen atoms in total. The molecule has 0 heterocycles. The molecule has 1 atom stereocenters. The van der Waals surface area contributed by atoms with Crippen LogP contribution >= 0.6 is 23.2 Å². The summed E-state index contributed by atoms with van der Waals surface area (Å²) in [5.74, 6) is -0.921. The van der Waals surface area contributed by atoms with Gasteiger partial charge in [0.05, 0.1) is 10.6 Å². The van der Waals surface area contributed by atoms with Gasteiger partial charge in [0.15, 0.2) is 0 Å². The molecule has 0 aliphatic rings. The maximum absolute atomic E-state index is 13.8. The molecular weight excluding hydrogens is 533 g/mol. The highest BCUT2D eigenvalue weighted by Gasteiger charge is 2.33. The number of nitrogens with one attached hydrogen (secondary N) is 1. The predicted molar refractivity (Wildman–Crippen MR) is 147 cm³/mol. The van der Waals surface area contributed by atoms with E-state index in [-0.39, 0.29) is 17.3 Å². The number of carbonyl (C=O) groups excluding carboxylic acids is 2. The maximum Gasteiger partial charge on any atom is 0.264 e. The highest BCUT2D eigenvalue weighted by atomic mass is 35.5. The molecule has 0 spiro atoms. The predicted octanol–water partition coefficient (Wildman–Crippen LogP) is 5.05. The summed E-state index contributed by atoms with van der Waals surface area (Å²) in [5.41, 5.74) is 1.85. The first-order valence-corrected chi connectivity index (χ1v) is 13.9. The molecule has 0 saturated carbocycles. The second-order valence-corrected chi connectivity index (χ2v) is 11.2. The van der Waals surface area contributed by atoms with Gasteiger partial charge >= 0.3 is 0 Å². The van der Waals surface area contributed by atoms with Crippen molar-refractivity contribution in [2.75, 3.05) is 17.9 Å². The average Bonchev–Trinajstić information content (AvgIpc) is 2.89. The Morgan fingerprint density at radius 2 is 1.62 bits per heavy atom. The Labute approximate surface area is 228 Å². The number of rotatable bonds is 10. The number of aryl methyl sites for hydroxylation is 1. The summed E-state index contributed by atoms with van der Waals surface area (Å²) in [5, 5.41) is 3.36. The van der Waals surface area contributed by atoms with Gasteiger partial charge in [-0.1, -0.05) is 72.1 Å².